The van der Waals surface area contributed by atoms with Gasteiger partial charge in [0.25, 0.3) is 5.91 Å². The molecule has 0 bridgehead atoms. The van der Waals surface area contributed by atoms with Gasteiger partial charge in [-0.25, -0.2) is 0 Å². The van der Waals surface area contributed by atoms with Crippen molar-refractivity contribution in [2.75, 3.05) is 5.32 Å². The van der Waals surface area contributed by atoms with E-state index in [4.69, 9.17) is 0 Å². The molecule has 3 aromatic heterocycles. The Morgan fingerprint density at radius 1 is 1.06 bits per heavy atom. The Labute approximate surface area is 181 Å². The first kappa shape index (κ1) is 21.3. The van der Waals surface area contributed by atoms with Crippen LogP contribution in [-0.2, 0) is 19.4 Å². The molecule has 0 saturated carbocycles. The Kier molecular flexibility index (Phi) is 5.56. The maximum absolute atomic E-state index is 13.0. The minimum absolute atomic E-state index is 0.144. The fourth-order valence-corrected chi connectivity index (χ4v) is 3.32. The van der Waals surface area contributed by atoms with Crippen LogP contribution in [0.2, 0.25) is 0 Å². The first-order valence-corrected chi connectivity index (χ1v) is 9.73. The summed E-state index contributed by atoms with van der Waals surface area (Å²) in [5.74, 6) is -0.408. The molecule has 1 N–H and O–H groups in total. The molecule has 1 aromatic carbocycles. The summed E-state index contributed by atoms with van der Waals surface area (Å²) in [6, 6.07) is 8.49. The summed E-state index contributed by atoms with van der Waals surface area (Å²) in [6.07, 6.45) is 0.699. The molecule has 0 aliphatic carbocycles. The number of alkyl halides is 3. The van der Waals surface area contributed by atoms with Crippen molar-refractivity contribution in [3.63, 3.8) is 0 Å². The second-order valence-corrected chi connectivity index (χ2v) is 7.28. The zero-order valence-electron chi connectivity index (χ0n) is 17.3. The quantitative estimate of drug-likeness (QED) is 0.493. The van der Waals surface area contributed by atoms with Gasteiger partial charge >= 0.3 is 6.18 Å². The molecule has 0 aliphatic rings. The van der Waals surface area contributed by atoms with Gasteiger partial charge in [0.15, 0.2) is 5.69 Å². The normalized spacial score (nSPS) is 11.7. The molecule has 4 aromatic rings. The van der Waals surface area contributed by atoms with Crippen LogP contribution in [-0.4, -0.2) is 35.2 Å². The summed E-state index contributed by atoms with van der Waals surface area (Å²) >= 11 is 0. The van der Waals surface area contributed by atoms with Gasteiger partial charge in [0.05, 0.1) is 29.2 Å². The van der Waals surface area contributed by atoms with E-state index in [0.29, 0.717) is 29.3 Å². The number of halogens is 3. The van der Waals surface area contributed by atoms with Gasteiger partial charge in [0, 0.05) is 18.6 Å². The topological polar surface area (TPSA) is 82.6 Å². The maximum Gasteiger partial charge on any atom is 0.416 e. The van der Waals surface area contributed by atoms with Crippen molar-refractivity contribution in [2.45, 2.75) is 33.2 Å². The average Bonchev–Trinajstić information content (AvgIpc) is 3.47. The van der Waals surface area contributed by atoms with Crippen LogP contribution in [0.15, 0.2) is 55.0 Å². The Morgan fingerprint density at radius 3 is 2.59 bits per heavy atom. The van der Waals surface area contributed by atoms with Crippen molar-refractivity contribution in [2.24, 2.45) is 0 Å². The van der Waals surface area contributed by atoms with E-state index < -0.39 is 17.6 Å². The number of carbonyl (C=O) groups excluding carboxylic acids is 1. The monoisotopic (exact) mass is 443 g/mol. The lowest BCUT2D eigenvalue weighted by atomic mass is 10.1. The Balaban J connectivity index is 1.49. The molecule has 0 aliphatic heterocycles. The predicted molar refractivity (Wildman–Crippen MR) is 110 cm³/mol. The van der Waals surface area contributed by atoms with Gasteiger partial charge in [-0.2, -0.15) is 28.5 Å². The molecule has 0 fully saturated rings. The standard InChI is InChI=1S/C21H20F3N7O/c1-14-19(26-20(32)18-7-10-30(28-18)13-29-9-4-8-25-29)15(2)31(27-14)12-16-5-3-6-17(11-16)21(22,23)24/h3-11H,12-13H2,1-2H3,(H,26,32). The molecule has 11 heteroatoms. The number of carbonyl (C=O) groups is 1. The SMILES string of the molecule is Cc1nn(Cc2cccc(C(F)(F)F)c2)c(C)c1NC(=O)c1ccn(Cn2cccn2)n1. The van der Waals surface area contributed by atoms with Crippen molar-refractivity contribution in [3.8, 4) is 0 Å². The summed E-state index contributed by atoms with van der Waals surface area (Å²) in [5, 5.41) is 15.5. The number of nitrogens with one attached hydrogen (secondary N) is 1. The Hall–Kier alpha value is -3.89. The molecule has 0 saturated heterocycles. The minimum Gasteiger partial charge on any atom is -0.317 e. The van der Waals surface area contributed by atoms with E-state index in [2.05, 4.69) is 20.6 Å². The number of aryl methyl sites for hydroxylation is 1. The fourth-order valence-electron chi connectivity index (χ4n) is 3.32. The van der Waals surface area contributed by atoms with E-state index in [9.17, 15) is 18.0 Å². The van der Waals surface area contributed by atoms with E-state index in [1.807, 2.05) is 0 Å². The summed E-state index contributed by atoms with van der Waals surface area (Å²) in [7, 11) is 0. The third kappa shape index (κ3) is 4.56. The third-order valence-electron chi connectivity index (χ3n) is 4.93. The molecule has 0 unspecified atom stereocenters. The van der Waals surface area contributed by atoms with E-state index in [-0.39, 0.29) is 12.2 Å². The van der Waals surface area contributed by atoms with Gasteiger partial charge < -0.3 is 5.32 Å². The number of amides is 1. The number of benzene rings is 1. The first-order valence-electron chi connectivity index (χ1n) is 9.73. The highest BCUT2D eigenvalue weighted by Gasteiger charge is 2.30. The fraction of sp³-hybridized carbons (Fsp3) is 0.238. The predicted octanol–water partition coefficient (Wildman–Crippen LogP) is 3.72. The lowest BCUT2D eigenvalue weighted by Gasteiger charge is -2.10. The molecule has 0 radical (unpaired) electrons. The van der Waals surface area contributed by atoms with E-state index in [0.717, 1.165) is 12.1 Å². The van der Waals surface area contributed by atoms with Crippen molar-refractivity contribution in [1.82, 2.24) is 29.3 Å². The van der Waals surface area contributed by atoms with Crippen molar-refractivity contribution < 1.29 is 18.0 Å². The second kappa shape index (κ2) is 8.33. The molecule has 0 atom stereocenters. The van der Waals surface area contributed by atoms with E-state index in [1.165, 1.54) is 6.07 Å². The van der Waals surface area contributed by atoms with Crippen LogP contribution < -0.4 is 5.32 Å². The average molecular weight is 443 g/mol. The molecule has 3 heterocycles. The molecule has 0 spiro atoms. The molecular formula is C21H20F3N7O. The zero-order chi connectivity index (χ0) is 22.9. The number of aromatic nitrogens is 6. The lowest BCUT2D eigenvalue weighted by Crippen LogP contribution is -2.16. The second-order valence-electron chi connectivity index (χ2n) is 7.28. The molecule has 4 rings (SSSR count). The van der Waals surface area contributed by atoms with Gasteiger partial charge in [0.2, 0.25) is 0 Å². The van der Waals surface area contributed by atoms with Gasteiger partial charge in [-0.15, -0.1) is 0 Å². The number of nitrogens with zero attached hydrogens (tertiary/aromatic N) is 6. The van der Waals surface area contributed by atoms with Gasteiger partial charge in [-0.3, -0.25) is 18.8 Å². The summed E-state index contributed by atoms with van der Waals surface area (Å²) in [6.45, 7) is 3.99. The number of anilines is 1. The van der Waals surface area contributed by atoms with Crippen LogP contribution in [0.1, 0.15) is 33.0 Å². The highest BCUT2D eigenvalue weighted by atomic mass is 19.4. The van der Waals surface area contributed by atoms with Crippen molar-refractivity contribution in [1.29, 1.82) is 0 Å². The Morgan fingerprint density at radius 2 is 1.88 bits per heavy atom. The Bertz CT molecular complexity index is 1240. The summed E-state index contributed by atoms with van der Waals surface area (Å²) in [5.41, 5.74) is 1.66. The van der Waals surface area contributed by atoms with E-state index >= 15 is 0 Å². The number of hydrogen-bond acceptors (Lipinski definition) is 4. The number of rotatable bonds is 6. The molecular weight excluding hydrogens is 423 g/mol. The maximum atomic E-state index is 13.0. The minimum atomic E-state index is -4.41. The van der Waals surface area contributed by atoms with Gasteiger partial charge in [-0.05, 0) is 43.7 Å². The molecule has 8 nitrogen and oxygen atoms in total. The van der Waals surface area contributed by atoms with Crippen molar-refractivity contribution >= 4 is 11.6 Å². The van der Waals surface area contributed by atoms with Crippen LogP contribution in [0, 0.1) is 13.8 Å². The molecule has 1 amide bonds. The van der Waals surface area contributed by atoms with Crippen LogP contribution in [0.3, 0.4) is 0 Å². The van der Waals surface area contributed by atoms with E-state index in [1.54, 1.807) is 64.7 Å². The third-order valence-corrected chi connectivity index (χ3v) is 4.93. The van der Waals surface area contributed by atoms with Crippen LogP contribution in [0.4, 0.5) is 18.9 Å². The van der Waals surface area contributed by atoms with Crippen LogP contribution in [0.5, 0.6) is 0 Å². The summed E-state index contributed by atoms with van der Waals surface area (Å²) in [4.78, 5) is 12.7. The number of hydrogen-bond donors (Lipinski definition) is 1. The summed E-state index contributed by atoms with van der Waals surface area (Å²) < 4.78 is 43.8. The smallest absolute Gasteiger partial charge is 0.317 e. The van der Waals surface area contributed by atoms with Crippen molar-refractivity contribution in [3.05, 3.63) is 83.2 Å². The lowest BCUT2D eigenvalue weighted by molar-refractivity contribution is -0.137. The largest absolute Gasteiger partial charge is 0.416 e. The van der Waals surface area contributed by atoms with Gasteiger partial charge in [-0.1, -0.05) is 12.1 Å². The molecule has 32 heavy (non-hydrogen) atoms. The highest BCUT2D eigenvalue weighted by Crippen LogP contribution is 2.30. The molecule has 166 valence electrons. The zero-order valence-corrected chi connectivity index (χ0v) is 17.3. The van der Waals surface area contributed by atoms with Gasteiger partial charge in [0.1, 0.15) is 6.67 Å². The highest BCUT2D eigenvalue weighted by molar-refractivity contribution is 6.03. The first-order chi connectivity index (χ1) is 15.2. The van der Waals surface area contributed by atoms with Crippen LogP contribution >= 0.6 is 0 Å². The van der Waals surface area contributed by atoms with Crippen LogP contribution in [0.25, 0.3) is 0 Å².